The van der Waals surface area contributed by atoms with E-state index in [0.29, 0.717) is 12.6 Å². The van der Waals surface area contributed by atoms with E-state index in [4.69, 9.17) is 4.42 Å². The lowest BCUT2D eigenvalue weighted by Crippen LogP contribution is -2.34. The van der Waals surface area contributed by atoms with Gasteiger partial charge in [0.2, 0.25) is 5.76 Å². The monoisotopic (exact) mass is 209 g/mol. The van der Waals surface area contributed by atoms with Gasteiger partial charge < -0.3 is 14.5 Å². The molecule has 82 valence electrons. The third-order valence-electron chi connectivity index (χ3n) is 2.72. The van der Waals surface area contributed by atoms with Crippen molar-refractivity contribution in [2.75, 3.05) is 7.11 Å². The summed E-state index contributed by atoms with van der Waals surface area (Å²) < 4.78 is 9.87. The van der Waals surface area contributed by atoms with Crippen molar-refractivity contribution >= 4 is 5.97 Å². The fourth-order valence-electron chi connectivity index (χ4n) is 1.54. The molecule has 15 heavy (non-hydrogen) atoms. The average Bonchev–Trinajstić information content (AvgIpc) is 2.63. The fourth-order valence-corrected chi connectivity index (χ4v) is 1.54. The molecule has 0 radical (unpaired) electrons. The van der Waals surface area contributed by atoms with Crippen LogP contribution in [0.15, 0.2) is 16.5 Å². The Labute approximate surface area is 88.6 Å². The molecule has 0 bridgehead atoms. The molecule has 0 unspecified atom stereocenters. The smallest absolute Gasteiger partial charge is 0.373 e. The van der Waals surface area contributed by atoms with Gasteiger partial charge in [-0.3, -0.25) is 0 Å². The van der Waals surface area contributed by atoms with Crippen molar-refractivity contribution in [3.63, 3.8) is 0 Å². The molecule has 4 nitrogen and oxygen atoms in total. The minimum Gasteiger partial charge on any atom is -0.463 e. The Bertz CT molecular complexity index is 341. The molecule has 4 heteroatoms. The van der Waals surface area contributed by atoms with Gasteiger partial charge in [0.05, 0.1) is 13.7 Å². The van der Waals surface area contributed by atoms with Crippen LogP contribution in [0.1, 0.15) is 35.6 Å². The number of esters is 1. The first-order valence-corrected chi connectivity index (χ1v) is 5.20. The van der Waals surface area contributed by atoms with Crippen molar-refractivity contribution in [1.82, 2.24) is 5.32 Å². The molecule has 0 aromatic carbocycles. The number of ether oxygens (including phenoxy) is 1. The minimum absolute atomic E-state index is 0.267. The lowest BCUT2D eigenvalue weighted by molar-refractivity contribution is 0.0562. The van der Waals surface area contributed by atoms with Crippen molar-refractivity contribution < 1.29 is 13.9 Å². The molecule has 1 fully saturated rings. The van der Waals surface area contributed by atoms with Crippen LogP contribution < -0.4 is 5.32 Å². The summed E-state index contributed by atoms with van der Waals surface area (Å²) in [4.78, 5) is 11.1. The van der Waals surface area contributed by atoms with E-state index in [1.807, 2.05) is 0 Å². The largest absolute Gasteiger partial charge is 0.463 e. The lowest BCUT2D eigenvalue weighted by atomic mass is 9.93. The SMILES string of the molecule is COC(=O)c1ccc(CNC2CCC2)o1. The van der Waals surface area contributed by atoms with E-state index in [2.05, 4.69) is 10.1 Å². The van der Waals surface area contributed by atoms with E-state index in [9.17, 15) is 4.79 Å². The Kier molecular flexibility index (Phi) is 3.06. The predicted molar refractivity (Wildman–Crippen MR) is 54.5 cm³/mol. The number of carbonyl (C=O) groups is 1. The van der Waals surface area contributed by atoms with Gasteiger partial charge in [-0.25, -0.2) is 4.79 Å². The third-order valence-corrected chi connectivity index (χ3v) is 2.72. The zero-order valence-electron chi connectivity index (χ0n) is 8.79. The first-order chi connectivity index (χ1) is 7.29. The normalized spacial score (nSPS) is 16.1. The van der Waals surface area contributed by atoms with E-state index in [1.54, 1.807) is 12.1 Å². The quantitative estimate of drug-likeness (QED) is 0.767. The maximum atomic E-state index is 11.1. The highest BCUT2D eigenvalue weighted by molar-refractivity contribution is 5.86. The van der Waals surface area contributed by atoms with E-state index in [-0.39, 0.29) is 5.76 Å². The van der Waals surface area contributed by atoms with Gasteiger partial charge in [-0.2, -0.15) is 0 Å². The molecule has 1 heterocycles. The van der Waals surface area contributed by atoms with Crippen LogP contribution in [0.4, 0.5) is 0 Å². The summed E-state index contributed by atoms with van der Waals surface area (Å²) in [6.07, 6.45) is 3.79. The Balaban J connectivity index is 1.86. The highest BCUT2D eigenvalue weighted by Crippen LogP contribution is 2.19. The molecule has 1 aromatic heterocycles. The maximum absolute atomic E-state index is 11.1. The van der Waals surface area contributed by atoms with Crippen molar-refractivity contribution in [1.29, 1.82) is 0 Å². The first kappa shape index (κ1) is 10.2. The minimum atomic E-state index is -0.426. The van der Waals surface area contributed by atoms with Crippen molar-refractivity contribution in [3.05, 3.63) is 23.7 Å². The number of rotatable bonds is 4. The first-order valence-electron chi connectivity index (χ1n) is 5.20. The van der Waals surface area contributed by atoms with Crippen LogP contribution >= 0.6 is 0 Å². The van der Waals surface area contributed by atoms with Crippen molar-refractivity contribution in [3.8, 4) is 0 Å². The summed E-state index contributed by atoms with van der Waals surface area (Å²) in [7, 11) is 1.34. The van der Waals surface area contributed by atoms with E-state index < -0.39 is 5.97 Å². The number of carbonyl (C=O) groups excluding carboxylic acids is 1. The zero-order valence-corrected chi connectivity index (χ0v) is 8.79. The van der Waals surface area contributed by atoms with Gasteiger partial charge in [0.1, 0.15) is 5.76 Å². The second-order valence-corrected chi connectivity index (χ2v) is 3.77. The number of nitrogens with one attached hydrogen (secondary N) is 1. The summed E-state index contributed by atoms with van der Waals surface area (Å²) in [6.45, 7) is 0.682. The molecule has 0 amide bonds. The van der Waals surface area contributed by atoms with Gasteiger partial charge in [-0.05, 0) is 25.0 Å². The Morgan fingerprint density at radius 2 is 2.40 bits per heavy atom. The molecule has 0 aliphatic heterocycles. The molecule has 2 rings (SSSR count). The highest BCUT2D eigenvalue weighted by Gasteiger charge is 2.17. The lowest BCUT2D eigenvalue weighted by Gasteiger charge is -2.25. The zero-order chi connectivity index (χ0) is 10.7. The molecule has 1 aliphatic carbocycles. The van der Waals surface area contributed by atoms with Crippen LogP contribution in [0.3, 0.4) is 0 Å². The fraction of sp³-hybridized carbons (Fsp3) is 0.545. The topological polar surface area (TPSA) is 51.5 Å². The number of hydrogen-bond acceptors (Lipinski definition) is 4. The summed E-state index contributed by atoms with van der Waals surface area (Å²) in [6, 6.07) is 4.07. The van der Waals surface area contributed by atoms with Crippen molar-refractivity contribution in [2.45, 2.75) is 31.8 Å². The van der Waals surface area contributed by atoms with Gasteiger partial charge in [-0.15, -0.1) is 0 Å². The Morgan fingerprint density at radius 1 is 1.60 bits per heavy atom. The number of furan rings is 1. The molecule has 0 spiro atoms. The van der Waals surface area contributed by atoms with Gasteiger partial charge in [0, 0.05) is 6.04 Å². The molecular formula is C11H15NO3. The van der Waals surface area contributed by atoms with Crippen LogP contribution in [-0.4, -0.2) is 19.1 Å². The molecule has 1 saturated carbocycles. The molecule has 1 aliphatic rings. The second kappa shape index (κ2) is 4.49. The third kappa shape index (κ3) is 2.39. The maximum Gasteiger partial charge on any atom is 0.373 e. The molecular weight excluding hydrogens is 194 g/mol. The van der Waals surface area contributed by atoms with Crippen LogP contribution in [0.25, 0.3) is 0 Å². The van der Waals surface area contributed by atoms with E-state index in [1.165, 1.54) is 26.4 Å². The molecule has 0 atom stereocenters. The van der Waals surface area contributed by atoms with Gasteiger partial charge in [0.25, 0.3) is 0 Å². The summed E-state index contributed by atoms with van der Waals surface area (Å²) >= 11 is 0. The van der Waals surface area contributed by atoms with Crippen LogP contribution in [0, 0.1) is 0 Å². The van der Waals surface area contributed by atoms with Gasteiger partial charge in [-0.1, -0.05) is 6.42 Å². The highest BCUT2D eigenvalue weighted by atomic mass is 16.5. The number of methoxy groups -OCH3 is 1. The Hall–Kier alpha value is -1.29. The average molecular weight is 209 g/mol. The summed E-state index contributed by atoms with van der Waals surface area (Å²) in [5, 5.41) is 3.36. The van der Waals surface area contributed by atoms with Gasteiger partial charge >= 0.3 is 5.97 Å². The molecule has 1 N–H and O–H groups in total. The molecule has 1 aromatic rings. The second-order valence-electron chi connectivity index (χ2n) is 3.77. The summed E-state index contributed by atoms with van der Waals surface area (Å²) in [5.41, 5.74) is 0. The number of hydrogen-bond donors (Lipinski definition) is 1. The van der Waals surface area contributed by atoms with Crippen LogP contribution in [-0.2, 0) is 11.3 Å². The Morgan fingerprint density at radius 3 is 3.00 bits per heavy atom. The van der Waals surface area contributed by atoms with Crippen LogP contribution in [0.2, 0.25) is 0 Å². The summed E-state index contributed by atoms with van der Waals surface area (Å²) in [5.74, 6) is 0.620. The predicted octanol–water partition coefficient (Wildman–Crippen LogP) is 1.71. The molecule has 0 saturated heterocycles. The van der Waals surface area contributed by atoms with E-state index in [0.717, 1.165) is 5.76 Å². The van der Waals surface area contributed by atoms with Gasteiger partial charge in [0.15, 0.2) is 0 Å². The standard InChI is InChI=1S/C11H15NO3/c1-14-11(13)10-6-5-9(15-10)7-12-8-3-2-4-8/h5-6,8,12H,2-4,7H2,1H3. The van der Waals surface area contributed by atoms with E-state index >= 15 is 0 Å². The van der Waals surface area contributed by atoms with Crippen molar-refractivity contribution in [2.24, 2.45) is 0 Å². The van der Waals surface area contributed by atoms with Crippen LogP contribution in [0.5, 0.6) is 0 Å².